The quantitative estimate of drug-likeness (QED) is 0.176. The molecule has 5 heterocycles. The Hall–Kier alpha value is -8.75. The van der Waals surface area contributed by atoms with Crippen molar-refractivity contribution >= 4 is 139 Å². The summed E-state index contributed by atoms with van der Waals surface area (Å²) < 4.78 is 14.6. The Balaban J connectivity index is 1.03. The summed E-state index contributed by atoms with van der Waals surface area (Å²) in [6.45, 7) is 0. The monoisotopic (exact) mass is 926 g/mol. The van der Waals surface area contributed by atoms with Crippen LogP contribution in [0.2, 0.25) is 0 Å². The van der Waals surface area contributed by atoms with Crippen LogP contribution >= 0.6 is 22.7 Å². The van der Waals surface area contributed by atoms with Gasteiger partial charge in [0.25, 0.3) is 0 Å². The number of hydrogen-bond donors (Lipinski definition) is 0. The molecule has 0 aliphatic carbocycles. The molecule has 0 unspecified atom stereocenters. The van der Waals surface area contributed by atoms with Crippen molar-refractivity contribution in [3.8, 4) is 39.9 Å². The van der Waals surface area contributed by atoms with Crippen molar-refractivity contribution in [1.29, 1.82) is 0 Å². The van der Waals surface area contributed by atoms with Gasteiger partial charge in [-0.15, -0.1) is 22.7 Å². The third kappa shape index (κ3) is 5.38. The van der Waals surface area contributed by atoms with Gasteiger partial charge in [-0.2, -0.15) is 0 Å². The molecule has 5 aromatic heterocycles. The summed E-state index contributed by atoms with van der Waals surface area (Å²) in [7, 11) is 0. The van der Waals surface area contributed by atoms with Crippen molar-refractivity contribution in [1.82, 2.24) is 19.5 Å². The smallest absolute Gasteiger partial charge is 0.167 e. The van der Waals surface area contributed by atoms with Gasteiger partial charge in [0.15, 0.2) is 17.5 Å². The molecule has 0 bridgehead atoms. The molecule has 16 rings (SSSR count). The van der Waals surface area contributed by atoms with Gasteiger partial charge in [0.05, 0.1) is 27.7 Å². The molecule has 0 N–H and O–H groups in total. The maximum absolute atomic E-state index is 7.36. The zero-order valence-electron chi connectivity index (χ0n) is 37.1. The summed E-state index contributed by atoms with van der Waals surface area (Å²) in [5.74, 6) is 1.79. The number of fused-ring (bicyclic) bond motifs is 17. The van der Waals surface area contributed by atoms with Crippen LogP contribution in [0.15, 0.2) is 211 Å². The Morgan fingerprint density at radius 2 is 0.857 bits per heavy atom. The molecule has 0 radical (unpaired) electrons. The van der Waals surface area contributed by atoms with E-state index in [-0.39, 0.29) is 0 Å². The van der Waals surface area contributed by atoms with Crippen molar-refractivity contribution < 1.29 is 4.42 Å². The fraction of sp³-hybridized carbons (Fsp3) is 0. The van der Waals surface area contributed by atoms with Crippen LogP contribution in [0.5, 0.6) is 0 Å². The largest absolute Gasteiger partial charge is 0.455 e. The SMILES string of the molecule is c1ccc2cc3c(cc2c1)c1c2ccccc2ccc1n3-c1ccc(-c2nc(-c3cccc4c3sc3ccccc34)nc(-c3cccc4c3sc3ccccc34)n2)c2oc3c4ccccc4ccc3c12. The molecule has 0 atom stereocenters. The summed E-state index contributed by atoms with van der Waals surface area (Å²) >= 11 is 3.56. The lowest BCUT2D eigenvalue weighted by molar-refractivity contribution is 0.673. The molecule has 0 aliphatic heterocycles. The molecule has 16 aromatic rings. The van der Waals surface area contributed by atoms with Gasteiger partial charge >= 0.3 is 0 Å². The van der Waals surface area contributed by atoms with Crippen LogP contribution in [0.3, 0.4) is 0 Å². The van der Waals surface area contributed by atoms with Crippen molar-refractivity contribution in [3.63, 3.8) is 0 Å². The number of hydrogen-bond acceptors (Lipinski definition) is 6. The van der Waals surface area contributed by atoms with Crippen LogP contribution in [-0.2, 0) is 0 Å². The summed E-state index contributed by atoms with van der Waals surface area (Å²) in [5.41, 5.74) is 7.59. The fourth-order valence-electron chi connectivity index (χ4n) is 11.3. The normalized spacial score (nSPS) is 12.3. The first kappa shape index (κ1) is 38.2. The maximum Gasteiger partial charge on any atom is 0.167 e. The molecule has 11 aromatic carbocycles. The number of furan rings is 1. The predicted octanol–water partition coefficient (Wildman–Crippen LogP) is 18.1. The maximum atomic E-state index is 7.36. The second-order valence-corrected chi connectivity index (χ2v) is 20.3. The number of thiophene rings is 2. The minimum atomic E-state index is 0.551. The van der Waals surface area contributed by atoms with Crippen LogP contribution in [-0.4, -0.2) is 19.5 Å². The topological polar surface area (TPSA) is 56.7 Å². The van der Waals surface area contributed by atoms with Gasteiger partial charge in [-0.3, -0.25) is 0 Å². The van der Waals surface area contributed by atoms with E-state index in [4.69, 9.17) is 19.4 Å². The van der Waals surface area contributed by atoms with Crippen LogP contribution in [0.1, 0.15) is 0 Å². The molecule has 7 heteroatoms. The van der Waals surface area contributed by atoms with Gasteiger partial charge in [-0.1, -0.05) is 146 Å². The van der Waals surface area contributed by atoms with E-state index in [1.165, 1.54) is 63.3 Å². The summed E-state index contributed by atoms with van der Waals surface area (Å²) in [5, 5.41) is 16.3. The highest BCUT2D eigenvalue weighted by Crippen LogP contribution is 2.47. The Labute approximate surface area is 406 Å². The van der Waals surface area contributed by atoms with E-state index >= 15 is 0 Å². The van der Waals surface area contributed by atoms with E-state index < -0.39 is 0 Å². The second-order valence-electron chi connectivity index (χ2n) is 18.2. The van der Waals surface area contributed by atoms with Gasteiger partial charge in [0, 0.05) is 73.0 Å². The number of aromatic nitrogens is 4. The third-order valence-corrected chi connectivity index (χ3v) is 16.9. The molecule has 324 valence electrons. The number of rotatable bonds is 4. The highest BCUT2D eigenvalue weighted by atomic mass is 32.1. The standard InChI is InChI=1S/C63H34N4OS2/c1-2-16-38-34-52-49(33-37(38)15-1)55-39-17-5-3-13-35(39)28-31-50(55)67(52)51-32-30-46(58-56(51)45-29-27-36-14-4-6-18-40(36)57(45)68-58)61-64-62(47-23-11-21-43-41-19-7-9-25-53(41)69-59(43)47)66-63(65-61)48-24-12-22-44-42-20-8-10-26-54(42)70-60(44)48/h1-34H. The minimum Gasteiger partial charge on any atom is -0.455 e. The molecule has 5 nitrogen and oxygen atoms in total. The van der Waals surface area contributed by atoms with Crippen LogP contribution < -0.4 is 0 Å². The number of nitrogens with zero attached hydrogens (tertiary/aromatic N) is 4. The second kappa shape index (κ2) is 14.4. The molecule has 0 amide bonds. The van der Waals surface area contributed by atoms with Crippen molar-refractivity contribution in [2.24, 2.45) is 0 Å². The van der Waals surface area contributed by atoms with Gasteiger partial charge < -0.3 is 8.98 Å². The molecular weight excluding hydrogens is 893 g/mol. The third-order valence-electron chi connectivity index (χ3n) is 14.4. The molecule has 0 fully saturated rings. The van der Waals surface area contributed by atoms with E-state index in [1.54, 1.807) is 22.7 Å². The van der Waals surface area contributed by atoms with E-state index in [0.29, 0.717) is 17.5 Å². The average Bonchev–Trinajstić information content (AvgIpc) is 4.19. The van der Waals surface area contributed by atoms with Gasteiger partial charge in [-0.25, -0.2) is 15.0 Å². The first-order valence-electron chi connectivity index (χ1n) is 23.5. The first-order valence-corrected chi connectivity index (χ1v) is 25.1. The molecule has 0 saturated heterocycles. The van der Waals surface area contributed by atoms with Crippen LogP contribution in [0, 0.1) is 0 Å². The van der Waals surface area contributed by atoms with Gasteiger partial charge in [-0.05, 0) is 87.6 Å². The first-order chi connectivity index (χ1) is 34.7. The van der Waals surface area contributed by atoms with E-state index in [0.717, 1.165) is 75.5 Å². The lowest BCUT2D eigenvalue weighted by atomic mass is 10.0. The Bertz CT molecular complexity index is 4790. The van der Waals surface area contributed by atoms with Crippen molar-refractivity contribution in [3.05, 3.63) is 206 Å². The zero-order chi connectivity index (χ0) is 45.6. The summed E-state index contributed by atoms with van der Waals surface area (Å²) in [6, 6.07) is 74.2. The lowest BCUT2D eigenvalue weighted by Gasteiger charge is -2.13. The van der Waals surface area contributed by atoms with E-state index in [2.05, 4.69) is 211 Å². The van der Waals surface area contributed by atoms with Crippen molar-refractivity contribution in [2.45, 2.75) is 0 Å². The fourth-order valence-corrected chi connectivity index (χ4v) is 13.7. The number of benzene rings is 11. The molecular formula is C63H34N4OS2. The Kier molecular flexibility index (Phi) is 7.86. The molecule has 0 spiro atoms. The lowest BCUT2D eigenvalue weighted by Crippen LogP contribution is -2.01. The highest BCUT2D eigenvalue weighted by Gasteiger charge is 2.26. The summed E-state index contributed by atoms with van der Waals surface area (Å²) in [6.07, 6.45) is 0. The van der Waals surface area contributed by atoms with Gasteiger partial charge in [0.1, 0.15) is 11.2 Å². The molecule has 0 aliphatic rings. The minimum absolute atomic E-state index is 0.551. The predicted molar refractivity (Wildman–Crippen MR) is 296 cm³/mol. The zero-order valence-corrected chi connectivity index (χ0v) is 38.8. The van der Waals surface area contributed by atoms with Crippen molar-refractivity contribution in [2.75, 3.05) is 0 Å². The van der Waals surface area contributed by atoms with Crippen LogP contribution in [0.4, 0.5) is 0 Å². The molecule has 0 saturated carbocycles. The highest BCUT2D eigenvalue weighted by molar-refractivity contribution is 7.26. The van der Waals surface area contributed by atoms with E-state index in [9.17, 15) is 0 Å². The Morgan fingerprint density at radius 1 is 0.329 bits per heavy atom. The van der Waals surface area contributed by atoms with Gasteiger partial charge in [0.2, 0.25) is 0 Å². The Morgan fingerprint density at radius 3 is 1.53 bits per heavy atom. The van der Waals surface area contributed by atoms with Crippen LogP contribution in [0.25, 0.3) is 156 Å². The molecule has 70 heavy (non-hydrogen) atoms. The van der Waals surface area contributed by atoms with E-state index in [1.807, 2.05) is 0 Å². The average molecular weight is 927 g/mol. The summed E-state index contributed by atoms with van der Waals surface area (Å²) in [4.78, 5) is 16.5.